The first-order valence-corrected chi connectivity index (χ1v) is 10.6. The van der Waals surface area contributed by atoms with Crippen LogP contribution in [0.3, 0.4) is 0 Å². The van der Waals surface area contributed by atoms with Crippen molar-refractivity contribution in [2.75, 3.05) is 7.11 Å². The summed E-state index contributed by atoms with van der Waals surface area (Å²) in [5.41, 5.74) is 1.61. The first-order valence-electron chi connectivity index (χ1n) is 10.2. The number of methoxy groups -OCH3 is 1. The summed E-state index contributed by atoms with van der Waals surface area (Å²) in [5, 5.41) is 8.95. The Bertz CT molecular complexity index is 986. The van der Waals surface area contributed by atoms with Crippen LogP contribution >= 0.6 is 11.6 Å². The van der Waals surface area contributed by atoms with Crippen LogP contribution in [-0.2, 0) is 36.9 Å². The number of rotatable bonds is 9. The Morgan fingerprint density at radius 2 is 1.70 bits per heavy atom. The second kappa shape index (κ2) is 11.9. The molecule has 174 valence electrons. The molecule has 33 heavy (non-hydrogen) atoms. The van der Waals surface area contributed by atoms with E-state index >= 15 is 0 Å². The van der Waals surface area contributed by atoms with E-state index in [1.54, 1.807) is 0 Å². The van der Waals surface area contributed by atoms with E-state index in [-0.39, 0.29) is 24.6 Å². The Labute approximate surface area is 196 Å². The van der Waals surface area contributed by atoms with Gasteiger partial charge in [-0.3, -0.25) is 4.79 Å². The highest BCUT2D eigenvalue weighted by molar-refractivity contribution is 6.65. The molecule has 0 aromatic heterocycles. The van der Waals surface area contributed by atoms with Crippen LogP contribution in [0.2, 0.25) is 0 Å². The van der Waals surface area contributed by atoms with Crippen molar-refractivity contribution in [3.63, 3.8) is 0 Å². The summed E-state index contributed by atoms with van der Waals surface area (Å²) >= 11 is 5.85. The number of hydrogen-bond donors (Lipinski definition) is 2. The van der Waals surface area contributed by atoms with Gasteiger partial charge in [-0.05, 0) is 11.1 Å². The third kappa shape index (κ3) is 7.21. The zero-order valence-corrected chi connectivity index (χ0v) is 18.7. The number of carbonyl (C=O) groups excluding carboxylic acids is 3. The lowest BCUT2D eigenvalue weighted by Gasteiger charge is -2.24. The maximum absolute atomic E-state index is 13.1. The van der Waals surface area contributed by atoms with Gasteiger partial charge in [0.2, 0.25) is 5.91 Å². The van der Waals surface area contributed by atoms with E-state index < -0.39 is 36.2 Å². The van der Waals surface area contributed by atoms with Gasteiger partial charge >= 0.3 is 12.1 Å². The second-order valence-corrected chi connectivity index (χ2v) is 7.71. The highest BCUT2D eigenvalue weighted by Gasteiger charge is 2.38. The predicted octanol–water partition coefficient (Wildman–Crippen LogP) is 2.52. The number of halogens is 1. The van der Waals surface area contributed by atoms with Crippen LogP contribution < -0.4 is 10.6 Å². The van der Waals surface area contributed by atoms with Gasteiger partial charge < -0.3 is 24.9 Å². The van der Waals surface area contributed by atoms with Crippen molar-refractivity contribution in [2.45, 2.75) is 37.6 Å². The second-order valence-electron chi connectivity index (χ2n) is 7.27. The highest BCUT2D eigenvalue weighted by Crippen LogP contribution is 2.17. The molecule has 0 fully saturated rings. The van der Waals surface area contributed by atoms with E-state index in [0.717, 1.165) is 11.1 Å². The van der Waals surface area contributed by atoms with E-state index in [1.807, 2.05) is 60.7 Å². The summed E-state index contributed by atoms with van der Waals surface area (Å²) < 4.78 is 10.0. The number of nitrogens with zero attached hydrogens (tertiary/aromatic N) is 1. The fourth-order valence-electron chi connectivity index (χ4n) is 3.19. The lowest BCUT2D eigenvalue weighted by molar-refractivity contribution is -0.149. The number of nitrogens with one attached hydrogen (secondary N) is 2. The van der Waals surface area contributed by atoms with Gasteiger partial charge in [0.25, 0.3) is 0 Å². The highest BCUT2D eigenvalue weighted by atomic mass is 35.5. The zero-order valence-electron chi connectivity index (χ0n) is 17.9. The molecule has 2 unspecified atom stereocenters. The number of hydrogen-bond acceptors (Lipinski definition) is 7. The van der Waals surface area contributed by atoms with Crippen LogP contribution in [0.25, 0.3) is 0 Å². The third-order valence-corrected chi connectivity index (χ3v) is 5.11. The van der Waals surface area contributed by atoms with Crippen molar-refractivity contribution in [1.29, 1.82) is 0 Å². The van der Waals surface area contributed by atoms with Crippen LogP contribution in [0, 0.1) is 0 Å². The lowest BCUT2D eigenvalue weighted by Crippen LogP contribution is -2.56. The number of alkyl carbamates (subject to hydrolysis) is 1. The van der Waals surface area contributed by atoms with Gasteiger partial charge in [-0.1, -0.05) is 77.4 Å². The summed E-state index contributed by atoms with van der Waals surface area (Å²) in [6, 6.07) is 16.1. The monoisotopic (exact) mass is 473 g/mol. The molecule has 0 spiro atoms. The van der Waals surface area contributed by atoms with Gasteiger partial charge in [0.15, 0.2) is 12.1 Å². The van der Waals surface area contributed by atoms with Gasteiger partial charge in [0.1, 0.15) is 17.8 Å². The molecule has 3 atom stereocenters. The Kier molecular flexibility index (Phi) is 8.65. The molecule has 0 saturated carbocycles. The molecule has 2 aromatic carbocycles. The molecular weight excluding hydrogens is 450 g/mol. The lowest BCUT2D eigenvalue weighted by atomic mass is 10.0. The van der Waals surface area contributed by atoms with Crippen molar-refractivity contribution >= 4 is 34.7 Å². The first-order chi connectivity index (χ1) is 16.0. The van der Waals surface area contributed by atoms with Crippen molar-refractivity contribution in [3.8, 4) is 0 Å². The van der Waals surface area contributed by atoms with Crippen LogP contribution in [0.1, 0.15) is 17.5 Å². The molecule has 1 aliphatic rings. The molecule has 2 N–H and O–H groups in total. The van der Waals surface area contributed by atoms with E-state index in [4.69, 9.17) is 25.9 Å². The average molecular weight is 474 g/mol. The molecule has 0 bridgehead atoms. The van der Waals surface area contributed by atoms with Gasteiger partial charge in [0, 0.05) is 12.8 Å². The van der Waals surface area contributed by atoms with Gasteiger partial charge in [-0.25, -0.2) is 9.59 Å². The van der Waals surface area contributed by atoms with Crippen molar-refractivity contribution in [1.82, 2.24) is 10.6 Å². The number of carbonyl (C=O) groups is 3. The molecule has 1 heterocycles. The fraction of sp³-hybridized carbons (Fsp3) is 0.304. The predicted molar refractivity (Wildman–Crippen MR) is 120 cm³/mol. The van der Waals surface area contributed by atoms with Crippen LogP contribution in [0.4, 0.5) is 4.79 Å². The number of oxime groups is 1. The average Bonchev–Trinajstić information content (AvgIpc) is 3.27. The van der Waals surface area contributed by atoms with E-state index in [1.165, 1.54) is 7.11 Å². The summed E-state index contributed by atoms with van der Waals surface area (Å²) in [5.74, 6) is -1.34. The Balaban J connectivity index is 1.69. The first kappa shape index (κ1) is 24.1. The minimum Gasteiger partial charge on any atom is -0.467 e. The Hall–Kier alpha value is -3.59. The quantitative estimate of drug-likeness (QED) is 0.541. The summed E-state index contributed by atoms with van der Waals surface area (Å²) in [4.78, 5) is 43.0. The fourth-order valence-corrected chi connectivity index (χ4v) is 3.39. The summed E-state index contributed by atoms with van der Waals surface area (Å²) in [6.45, 7) is 0.0445. The summed E-state index contributed by atoms with van der Waals surface area (Å²) in [6.07, 6.45) is -1.29. The normalized spacial score (nSPS) is 16.5. The molecule has 9 nitrogen and oxygen atoms in total. The summed E-state index contributed by atoms with van der Waals surface area (Å²) in [7, 11) is 1.19. The standard InChI is InChI=1S/C23H24ClN3O6/c1-31-22(29)20(18-13-19(24)27-33-18)26-21(28)17(12-15-8-4-2-5-9-15)25-23(30)32-14-16-10-6-3-7-11-16/h2-11,17-18,20H,12-14H2,1H3,(H,25,30)(H,26,28)/t17-,18?,20?/m0/s1. The maximum atomic E-state index is 13.1. The van der Waals surface area contributed by atoms with E-state index in [2.05, 4.69) is 15.8 Å². The molecule has 0 aliphatic carbocycles. The SMILES string of the molecule is COC(=O)C(NC(=O)[C@H](Cc1ccccc1)NC(=O)OCc1ccccc1)C1CC(Cl)=NO1. The minimum atomic E-state index is -1.16. The molecule has 1 aliphatic heterocycles. The van der Waals surface area contributed by atoms with Crippen LogP contribution in [0.5, 0.6) is 0 Å². The molecule has 2 aromatic rings. The smallest absolute Gasteiger partial charge is 0.408 e. The molecule has 3 rings (SSSR count). The molecule has 0 saturated heterocycles. The zero-order chi connectivity index (χ0) is 23.6. The number of benzene rings is 2. The van der Waals surface area contributed by atoms with Gasteiger partial charge in [0.05, 0.1) is 7.11 Å². The Morgan fingerprint density at radius 3 is 2.27 bits per heavy atom. The van der Waals surface area contributed by atoms with Crippen molar-refractivity contribution < 1.29 is 28.7 Å². The Morgan fingerprint density at radius 1 is 1.06 bits per heavy atom. The van der Waals surface area contributed by atoms with E-state index in [9.17, 15) is 14.4 Å². The number of esters is 1. The largest absolute Gasteiger partial charge is 0.467 e. The molecular formula is C23H24ClN3O6. The van der Waals surface area contributed by atoms with Gasteiger partial charge in [-0.2, -0.15) is 0 Å². The molecule has 10 heteroatoms. The van der Waals surface area contributed by atoms with E-state index in [0.29, 0.717) is 0 Å². The van der Waals surface area contributed by atoms with Crippen LogP contribution in [-0.4, -0.2) is 48.4 Å². The van der Waals surface area contributed by atoms with Crippen molar-refractivity contribution in [3.05, 3.63) is 71.8 Å². The van der Waals surface area contributed by atoms with Gasteiger partial charge in [-0.15, -0.1) is 0 Å². The topological polar surface area (TPSA) is 115 Å². The number of ether oxygens (including phenoxy) is 2. The minimum absolute atomic E-state index is 0.0445. The third-order valence-electron chi connectivity index (χ3n) is 4.89. The van der Waals surface area contributed by atoms with Crippen LogP contribution in [0.15, 0.2) is 65.8 Å². The van der Waals surface area contributed by atoms with Crippen molar-refractivity contribution in [2.24, 2.45) is 5.16 Å². The maximum Gasteiger partial charge on any atom is 0.408 e. The molecule has 0 radical (unpaired) electrons. The molecule has 2 amide bonds. The number of amides is 2.